The van der Waals surface area contributed by atoms with Crippen LogP contribution in [0, 0.1) is 6.92 Å². The highest BCUT2D eigenvalue weighted by Gasteiger charge is 2.14. The summed E-state index contributed by atoms with van der Waals surface area (Å²) < 4.78 is 5.22. The van der Waals surface area contributed by atoms with Crippen molar-refractivity contribution in [1.29, 1.82) is 0 Å². The average molecular weight is 264 g/mol. The van der Waals surface area contributed by atoms with Crippen LogP contribution in [0.1, 0.15) is 16.6 Å². The van der Waals surface area contributed by atoms with E-state index in [1.807, 2.05) is 31.2 Å². The first kappa shape index (κ1) is 12.9. The number of rotatable bonds is 5. The Kier molecular flexibility index (Phi) is 4.22. The molecule has 1 heterocycles. The molecule has 2 rings (SSSR count). The van der Waals surface area contributed by atoms with Crippen molar-refractivity contribution in [3.05, 3.63) is 35.7 Å². The Labute approximate surface area is 110 Å². The largest absolute Gasteiger partial charge is 0.497 e. The minimum absolute atomic E-state index is 0.121. The summed E-state index contributed by atoms with van der Waals surface area (Å²) in [5.74, 6) is 1.64. The van der Waals surface area contributed by atoms with E-state index in [0.717, 1.165) is 17.1 Å². The van der Waals surface area contributed by atoms with Crippen molar-refractivity contribution in [2.45, 2.75) is 17.3 Å². The van der Waals surface area contributed by atoms with Crippen molar-refractivity contribution in [3.63, 3.8) is 0 Å². The maximum atomic E-state index is 5.82. The number of hydrogen-bond donors (Lipinski definition) is 2. The summed E-state index contributed by atoms with van der Waals surface area (Å²) in [6, 6.07) is 7.90. The number of aromatic nitrogens is 3. The third-order valence-corrected chi connectivity index (χ3v) is 3.65. The lowest BCUT2D eigenvalue weighted by Gasteiger charge is -2.13. The van der Waals surface area contributed by atoms with Crippen molar-refractivity contribution in [1.82, 2.24) is 15.2 Å². The Morgan fingerprint density at radius 1 is 1.50 bits per heavy atom. The zero-order valence-corrected chi connectivity index (χ0v) is 11.2. The van der Waals surface area contributed by atoms with Gasteiger partial charge in [-0.25, -0.2) is 4.98 Å². The first-order valence-electron chi connectivity index (χ1n) is 5.62. The summed E-state index contributed by atoms with van der Waals surface area (Å²) in [4.78, 5) is 4.28. The van der Waals surface area contributed by atoms with E-state index in [-0.39, 0.29) is 5.25 Å². The van der Waals surface area contributed by atoms with Crippen LogP contribution in [0.15, 0.2) is 29.4 Å². The molecule has 1 aromatic carbocycles. The van der Waals surface area contributed by atoms with Crippen LogP contribution in [0.2, 0.25) is 0 Å². The molecule has 0 spiro atoms. The Hall–Kier alpha value is -1.53. The molecule has 2 aromatic rings. The van der Waals surface area contributed by atoms with Gasteiger partial charge in [-0.05, 0) is 24.6 Å². The van der Waals surface area contributed by atoms with Gasteiger partial charge in [0.15, 0.2) is 0 Å². The van der Waals surface area contributed by atoms with Gasteiger partial charge in [0.1, 0.15) is 11.6 Å². The Balaban J connectivity index is 2.17. The van der Waals surface area contributed by atoms with Gasteiger partial charge in [-0.2, -0.15) is 0 Å². The van der Waals surface area contributed by atoms with Gasteiger partial charge in [-0.3, -0.25) is 5.10 Å². The average Bonchev–Trinajstić information content (AvgIpc) is 2.81. The fourth-order valence-electron chi connectivity index (χ4n) is 1.60. The minimum Gasteiger partial charge on any atom is -0.497 e. The molecule has 0 saturated carbocycles. The fourth-order valence-corrected chi connectivity index (χ4v) is 2.52. The van der Waals surface area contributed by atoms with Gasteiger partial charge in [0, 0.05) is 11.8 Å². The summed E-state index contributed by atoms with van der Waals surface area (Å²) in [6.45, 7) is 2.39. The molecule has 0 aliphatic rings. The lowest BCUT2D eigenvalue weighted by Crippen LogP contribution is -2.09. The maximum absolute atomic E-state index is 5.82. The van der Waals surface area contributed by atoms with Crippen LogP contribution in [-0.4, -0.2) is 28.8 Å². The van der Waals surface area contributed by atoms with Crippen LogP contribution < -0.4 is 10.5 Å². The predicted octanol–water partition coefficient (Wildman–Crippen LogP) is 1.91. The zero-order chi connectivity index (χ0) is 13.0. The fraction of sp³-hybridized carbons (Fsp3) is 0.333. The van der Waals surface area contributed by atoms with Crippen LogP contribution in [0.3, 0.4) is 0 Å². The second-order valence-electron chi connectivity index (χ2n) is 3.82. The second-order valence-corrected chi connectivity index (χ2v) is 4.99. The summed E-state index contributed by atoms with van der Waals surface area (Å²) in [5.41, 5.74) is 6.94. The van der Waals surface area contributed by atoms with E-state index in [4.69, 9.17) is 10.5 Å². The third-order valence-electron chi connectivity index (χ3n) is 2.50. The van der Waals surface area contributed by atoms with Gasteiger partial charge in [0.2, 0.25) is 5.16 Å². The number of methoxy groups -OCH3 is 1. The number of aryl methyl sites for hydroxylation is 1. The molecule has 6 heteroatoms. The summed E-state index contributed by atoms with van der Waals surface area (Å²) in [7, 11) is 1.66. The highest BCUT2D eigenvalue weighted by atomic mass is 32.2. The first-order chi connectivity index (χ1) is 8.72. The van der Waals surface area contributed by atoms with Crippen molar-refractivity contribution >= 4 is 11.8 Å². The molecule has 0 amide bonds. The molecule has 18 heavy (non-hydrogen) atoms. The Morgan fingerprint density at radius 3 is 2.94 bits per heavy atom. The molecule has 0 radical (unpaired) electrons. The van der Waals surface area contributed by atoms with Crippen molar-refractivity contribution in [2.24, 2.45) is 5.73 Å². The van der Waals surface area contributed by atoms with E-state index >= 15 is 0 Å². The summed E-state index contributed by atoms with van der Waals surface area (Å²) >= 11 is 1.55. The molecular weight excluding hydrogens is 248 g/mol. The van der Waals surface area contributed by atoms with Gasteiger partial charge in [-0.15, -0.1) is 5.10 Å². The maximum Gasteiger partial charge on any atom is 0.209 e. The van der Waals surface area contributed by atoms with Crippen LogP contribution in [-0.2, 0) is 0 Å². The summed E-state index contributed by atoms with van der Waals surface area (Å²) in [5, 5.41) is 7.77. The number of nitrogens with one attached hydrogen (secondary N) is 1. The first-order valence-corrected chi connectivity index (χ1v) is 6.50. The van der Waals surface area contributed by atoms with E-state index in [9.17, 15) is 0 Å². The van der Waals surface area contributed by atoms with Crippen LogP contribution in [0.5, 0.6) is 5.75 Å². The van der Waals surface area contributed by atoms with Gasteiger partial charge < -0.3 is 10.5 Å². The van der Waals surface area contributed by atoms with E-state index < -0.39 is 0 Å². The SMILES string of the molecule is COc1cccc(C(CN)Sc2n[nH]c(C)n2)c1. The van der Waals surface area contributed by atoms with Gasteiger partial charge in [-0.1, -0.05) is 23.9 Å². The number of hydrogen-bond acceptors (Lipinski definition) is 5. The van der Waals surface area contributed by atoms with E-state index in [2.05, 4.69) is 15.2 Å². The minimum atomic E-state index is 0.121. The predicted molar refractivity (Wildman–Crippen MR) is 71.8 cm³/mol. The van der Waals surface area contributed by atoms with Gasteiger partial charge in [0.25, 0.3) is 0 Å². The molecule has 5 nitrogen and oxygen atoms in total. The number of nitrogens with two attached hydrogens (primary N) is 1. The van der Waals surface area contributed by atoms with Crippen LogP contribution >= 0.6 is 11.8 Å². The normalized spacial score (nSPS) is 12.4. The molecule has 1 aromatic heterocycles. The molecular formula is C12H16N4OS. The molecule has 0 fully saturated rings. The number of H-pyrrole nitrogens is 1. The van der Waals surface area contributed by atoms with E-state index in [1.54, 1.807) is 18.9 Å². The smallest absolute Gasteiger partial charge is 0.209 e. The van der Waals surface area contributed by atoms with Crippen LogP contribution in [0.25, 0.3) is 0 Å². The van der Waals surface area contributed by atoms with E-state index in [0.29, 0.717) is 11.7 Å². The molecule has 96 valence electrons. The lowest BCUT2D eigenvalue weighted by molar-refractivity contribution is 0.414. The van der Waals surface area contributed by atoms with E-state index in [1.165, 1.54) is 0 Å². The number of aromatic amines is 1. The molecule has 0 aliphatic carbocycles. The molecule has 0 saturated heterocycles. The van der Waals surface area contributed by atoms with Gasteiger partial charge >= 0.3 is 0 Å². The molecule has 3 N–H and O–H groups in total. The zero-order valence-electron chi connectivity index (χ0n) is 10.4. The number of thioether (sulfide) groups is 1. The standard InChI is InChI=1S/C12H16N4OS/c1-8-14-12(16-15-8)18-11(7-13)9-4-3-5-10(6-9)17-2/h3-6,11H,7,13H2,1-2H3,(H,14,15,16). The lowest BCUT2D eigenvalue weighted by atomic mass is 10.1. The van der Waals surface area contributed by atoms with Crippen molar-refractivity contribution in [2.75, 3.05) is 13.7 Å². The summed E-state index contributed by atoms with van der Waals surface area (Å²) in [6.07, 6.45) is 0. The van der Waals surface area contributed by atoms with Crippen LogP contribution in [0.4, 0.5) is 0 Å². The number of nitrogens with zero attached hydrogens (tertiary/aromatic N) is 2. The van der Waals surface area contributed by atoms with Gasteiger partial charge in [0.05, 0.1) is 7.11 Å². The number of ether oxygens (including phenoxy) is 1. The second kappa shape index (κ2) is 5.88. The highest BCUT2D eigenvalue weighted by molar-refractivity contribution is 7.99. The quantitative estimate of drug-likeness (QED) is 0.807. The molecule has 0 bridgehead atoms. The molecule has 1 atom stereocenters. The molecule has 1 unspecified atom stereocenters. The van der Waals surface area contributed by atoms with Crippen molar-refractivity contribution in [3.8, 4) is 5.75 Å². The number of benzene rings is 1. The Morgan fingerprint density at radius 2 is 2.33 bits per heavy atom. The third kappa shape index (κ3) is 3.02. The highest BCUT2D eigenvalue weighted by Crippen LogP contribution is 2.33. The van der Waals surface area contributed by atoms with Crippen molar-refractivity contribution < 1.29 is 4.74 Å². The Bertz CT molecular complexity index is 514. The monoisotopic (exact) mass is 264 g/mol. The molecule has 0 aliphatic heterocycles. The topological polar surface area (TPSA) is 76.8 Å².